The van der Waals surface area contributed by atoms with Crippen LogP contribution in [0.4, 0.5) is 5.95 Å². The Kier molecular flexibility index (Phi) is 2.66. The van der Waals surface area contributed by atoms with Crippen LogP contribution in [0, 0.1) is 0 Å². The fraction of sp³-hybridized carbons (Fsp3) is 0.583. The topological polar surface area (TPSA) is 61.4 Å². The van der Waals surface area contributed by atoms with E-state index in [4.69, 9.17) is 0 Å². The second kappa shape index (κ2) is 4.20. The fourth-order valence-electron chi connectivity index (χ4n) is 2.65. The number of hydrogen-bond donors (Lipinski definition) is 1. The summed E-state index contributed by atoms with van der Waals surface area (Å²) in [5, 5.41) is 2.97. The molecule has 1 N–H and O–H groups in total. The summed E-state index contributed by atoms with van der Waals surface area (Å²) in [4.78, 5) is 24.2. The molecule has 3 heterocycles. The van der Waals surface area contributed by atoms with Crippen LogP contribution in [0.15, 0.2) is 12.4 Å². The molecule has 18 heavy (non-hydrogen) atoms. The number of fused-ring (bicyclic) bond motifs is 2. The molecule has 0 saturated carbocycles. The number of nitrogens with one attached hydrogen (secondary N) is 1. The van der Waals surface area contributed by atoms with E-state index in [1.54, 1.807) is 0 Å². The third kappa shape index (κ3) is 1.92. The molecule has 0 unspecified atom stereocenters. The predicted octanol–water partition coefficient (Wildman–Crippen LogP) is -0.385. The van der Waals surface area contributed by atoms with Crippen molar-refractivity contribution in [2.24, 2.45) is 0 Å². The minimum atomic E-state index is 0.0449. The third-order valence-corrected chi connectivity index (χ3v) is 3.53. The first-order valence-corrected chi connectivity index (χ1v) is 6.16. The zero-order chi connectivity index (χ0) is 12.7. The minimum Gasteiger partial charge on any atom is -0.351 e. The van der Waals surface area contributed by atoms with Gasteiger partial charge in [0.2, 0.25) is 11.9 Å². The van der Waals surface area contributed by atoms with Crippen molar-refractivity contribution in [1.29, 1.82) is 0 Å². The van der Waals surface area contributed by atoms with Gasteiger partial charge in [-0.1, -0.05) is 0 Å². The SMILES string of the molecule is CN(C)c1ncc(CN2C[C@@H]3C[C@H]2C(=O)N3)cn1. The van der Waals surface area contributed by atoms with E-state index in [1.165, 1.54) is 0 Å². The van der Waals surface area contributed by atoms with E-state index in [2.05, 4.69) is 20.2 Å². The van der Waals surface area contributed by atoms with E-state index < -0.39 is 0 Å². The standard InChI is InChI=1S/C12H17N5O/c1-16(2)12-13-4-8(5-14-12)6-17-7-9-3-10(17)11(18)15-9/h4-5,9-10H,3,6-7H2,1-2H3,(H,15,18)/t9-,10-/m0/s1. The third-order valence-electron chi connectivity index (χ3n) is 3.53. The molecule has 2 fully saturated rings. The van der Waals surface area contributed by atoms with E-state index in [-0.39, 0.29) is 11.9 Å². The Balaban J connectivity index is 1.68. The number of anilines is 1. The van der Waals surface area contributed by atoms with E-state index >= 15 is 0 Å². The smallest absolute Gasteiger partial charge is 0.237 e. The van der Waals surface area contributed by atoms with Crippen LogP contribution in [-0.4, -0.2) is 53.5 Å². The maximum atomic E-state index is 11.6. The Hall–Kier alpha value is -1.69. The molecule has 0 spiro atoms. The molecule has 0 aromatic carbocycles. The Morgan fingerprint density at radius 1 is 1.44 bits per heavy atom. The second-order valence-corrected chi connectivity index (χ2v) is 5.17. The van der Waals surface area contributed by atoms with E-state index in [0.29, 0.717) is 12.0 Å². The summed E-state index contributed by atoms with van der Waals surface area (Å²) < 4.78 is 0. The normalized spacial score (nSPS) is 26.4. The zero-order valence-corrected chi connectivity index (χ0v) is 10.6. The predicted molar refractivity (Wildman–Crippen MR) is 67.1 cm³/mol. The second-order valence-electron chi connectivity index (χ2n) is 5.17. The van der Waals surface area contributed by atoms with Gasteiger partial charge in [-0.15, -0.1) is 0 Å². The van der Waals surface area contributed by atoms with Crippen molar-refractivity contribution < 1.29 is 4.79 Å². The number of carbonyl (C=O) groups is 1. The van der Waals surface area contributed by atoms with E-state index in [1.807, 2.05) is 31.4 Å². The lowest BCUT2D eigenvalue weighted by Crippen LogP contribution is -2.47. The Labute approximate surface area is 106 Å². The summed E-state index contributed by atoms with van der Waals surface area (Å²) in [5.74, 6) is 0.872. The number of rotatable bonds is 3. The summed E-state index contributed by atoms with van der Waals surface area (Å²) in [6.45, 7) is 1.69. The summed E-state index contributed by atoms with van der Waals surface area (Å²) in [5.41, 5.74) is 1.06. The van der Waals surface area contributed by atoms with Crippen LogP contribution in [0.5, 0.6) is 0 Å². The van der Waals surface area contributed by atoms with Crippen molar-refractivity contribution in [1.82, 2.24) is 20.2 Å². The first kappa shape index (κ1) is 11.4. The molecule has 2 bridgehead atoms. The number of likely N-dealkylation sites (tertiary alicyclic amines) is 1. The molecule has 0 aliphatic carbocycles. The van der Waals surface area contributed by atoms with Gasteiger partial charge in [0.1, 0.15) is 0 Å². The number of carbonyl (C=O) groups excluding carboxylic acids is 1. The zero-order valence-electron chi connectivity index (χ0n) is 10.6. The molecule has 2 atom stereocenters. The molecular formula is C12H17N5O. The van der Waals surface area contributed by atoms with Gasteiger partial charge >= 0.3 is 0 Å². The maximum absolute atomic E-state index is 11.6. The summed E-state index contributed by atoms with van der Waals surface area (Å²) in [6.07, 6.45) is 4.62. The Morgan fingerprint density at radius 2 is 2.17 bits per heavy atom. The number of aromatic nitrogens is 2. The van der Waals surface area contributed by atoms with Gasteiger partial charge < -0.3 is 10.2 Å². The monoisotopic (exact) mass is 247 g/mol. The fourth-order valence-corrected chi connectivity index (χ4v) is 2.65. The quantitative estimate of drug-likeness (QED) is 0.788. The lowest BCUT2D eigenvalue weighted by Gasteiger charge is -2.26. The van der Waals surface area contributed by atoms with Gasteiger partial charge in [-0.05, 0) is 6.42 Å². The molecule has 3 rings (SSSR count). The molecule has 0 radical (unpaired) electrons. The molecule has 96 valence electrons. The van der Waals surface area contributed by atoms with Crippen LogP contribution in [0.3, 0.4) is 0 Å². The first-order valence-electron chi connectivity index (χ1n) is 6.16. The lowest BCUT2D eigenvalue weighted by atomic mass is 10.2. The number of hydrogen-bond acceptors (Lipinski definition) is 5. The van der Waals surface area contributed by atoms with Crippen LogP contribution in [0.25, 0.3) is 0 Å². The Bertz CT molecular complexity index is 458. The number of piperazine rings is 1. The highest BCUT2D eigenvalue weighted by atomic mass is 16.2. The van der Waals surface area contributed by atoms with Crippen LogP contribution in [0.2, 0.25) is 0 Å². The van der Waals surface area contributed by atoms with Gasteiger partial charge in [-0.2, -0.15) is 0 Å². The molecule has 1 aromatic rings. The van der Waals surface area contributed by atoms with Gasteiger partial charge in [0.05, 0.1) is 6.04 Å². The average molecular weight is 247 g/mol. The Morgan fingerprint density at radius 3 is 2.72 bits per heavy atom. The molecule has 6 nitrogen and oxygen atoms in total. The highest BCUT2D eigenvalue weighted by Gasteiger charge is 2.43. The van der Waals surface area contributed by atoms with Crippen LogP contribution in [0.1, 0.15) is 12.0 Å². The van der Waals surface area contributed by atoms with Crippen molar-refractivity contribution in [3.05, 3.63) is 18.0 Å². The van der Waals surface area contributed by atoms with Crippen molar-refractivity contribution in [2.75, 3.05) is 25.5 Å². The molecule has 6 heteroatoms. The largest absolute Gasteiger partial charge is 0.351 e. The van der Waals surface area contributed by atoms with Crippen molar-refractivity contribution in [2.45, 2.75) is 25.0 Å². The van der Waals surface area contributed by atoms with E-state index in [9.17, 15) is 4.79 Å². The minimum absolute atomic E-state index is 0.0449. The molecular weight excluding hydrogens is 230 g/mol. The van der Waals surface area contributed by atoms with Crippen molar-refractivity contribution in [3.8, 4) is 0 Å². The summed E-state index contributed by atoms with van der Waals surface area (Å²) in [7, 11) is 3.83. The van der Waals surface area contributed by atoms with E-state index in [0.717, 1.165) is 25.1 Å². The molecule has 2 aliphatic rings. The van der Waals surface area contributed by atoms with Gasteiger partial charge in [0.25, 0.3) is 0 Å². The van der Waals surface area contributed by atoms with Crippen molar-refractivity contribution >= 4 is 11.9 Å². The number of amides is 1. The molecule has 2 aliphatic heterocycles. The molecule has 1 amide bonds. The van der Waals surface area contributed by atoms with Gasteiger partial charge in [-0.25, -0.2) is 9.97 Å². The highest BCUT2D eigenvalue weighted by Crippen LogP contribution is 2.25. The molecule has 1 aromatic heterocycles. The lowest BCUT2D eigenvalue weighted by molar-refractivity contribution is -0.125. The van der Waals surface area contributed by atoms with Gasteiger partial charge in [0, 0.05) is 51.2 Å². The van der Waals surface area contributed by atoms with Gasteiger partial charge in [-0.3, -0.25) is 9.69 Å². The summed E-state index contributed by atoms with van der Waals surface area (Å²) >= 11 is 0. The first-order chi connectivity index (χ1) is 8.63. The molecule has 2 saturated heterocycles. The number of nitrogens with zero attached hydrogens (tertiary/aromatic N) is 4. The highest BCUT2D eigenvalue weighted by molar-refractivity contribution is 5.85. The van der Waals surface area contributed by atoms with Crippen LogP contribution >= 0.6 is 0 Å². The average Bonchev–Trinajstić information content (AvgIpc) is 2.88. The van der Waals surface area contributed by atoms with Crippen LogP contribution < -0.4 is 10.2 Å². The summed E-state index contributed by atoms with van der Waals surface area (Å²) in [6, 6.07) is 0.382. The van der Waals surface area contributed by atoms with Crippen molar-refractivity contribution in [3.63, 3.8) is 0 Å². The van der Waals surface area contributed by atoms with Gasteiger partial charge in [0.15, 0.2) is 0 Å². The maximum Gasteiger partial charge on any atom is 0.237 e. The van der Waals surface area contributed by atoms with Crippen LogP contribution in [-0.2, 0) is 11.3 Å².